The number of nitrogens with zero attached hydrogens (tertiary/aromatic N) is 4. The number of aromatic nitrogens is 2. The normalized spacial score (nSPS) is 12.2. The van der Waals surface area contributed by atoms with Gasteiger partial charge in [0.1, 0.15) is 5.00 Å². The van der Waals surface area contributed by atoms with Crippen molar-refractivity contribution < 1.29 is 0 Å². The van der Waals surface area contributed by atoms with Crippen molar-refractivity contribution in [2.45, 2.75) is 0 Å². The number of benzene rings is 7. The predicted octanol–water partition coefficient (Wildman–Crippen LogP) is 13.1. The largest absolute Gasteiger partial charge is 0.305 e. The van der Waals surface area contributed by atoms with Gasteiger partial charge in [0, 0.05) is 38.0 Å². The summed E-state index contributed by atoms with van der Waals surface area (Å²) in [5.41, 5.74) is 11.9. The van der Waals surface area contributed by atoms with Gasteiger partial charge >= 0.3 is 0 Å². The lowest BCUT2D eigenvalue weighted by atomic mass is 9.99. The molecule has 0 amide bonds. The van der Waals surface area contributed by atoms with Crippen LogP contribution in [0, 0.1) is 0 Å². The molecule has 1 aliphatic heterocycles. The Morgan fingerprint density at radius 2 is 1.02 bits per heavy atom. The van der Waals surface area contributed by atoms with Gasteiger partial charge in [-0.05, 0) is 77.9 Å². The van der Waals surface area contributed by atoms with Crippen molar-refractivity contribution in [1.82, 2.24) is 9.97 Å². The van der Waals surface area contributed by atoms with Crippen LogP contribution in [0.2, 0.25) is 0 Å². The summed E-state index contributed by atoms with van der Waals surface area (Å²) in [6.07, 6.45) is 0. The molecule has 0 atom stereocenters. The minimum atomic E-state index is 0.705. The molecule has 9 aromatic rings. The SMILES string of the molecule is c1ccc(-c2cccc(-c3nc(-c4ccc(N5c6ccccc6N(c6ccccc6)c6sc7ccccc7c65)cc4)nc4ccccc34)c2)cc1. The number of fused-ring (bicyclic) bond motifs is 5. The zero-order valence-electron chi connectivity index (χ0n) is 27.5. The third-order valence-electron chi connectivity index (χ3n) is 9.59. The standard InChI is InChI=1S/C46H30N4S/c1-3-14-31(15-4-1)33-16-13-17-34(30-33)43-37-20-7-9-22-39(37)47-45(48-43)32-26-28-36(29-27-32)49-40-23-10-11-24-41(40)50(35-18-5-2-6-19-35)46-44(49)38-21-8-12-25-42(38)51-46/h1-30H. The van der Waals surface area contributed by atoms with E-state index < -0.39 is 0 Å². The molecule has 0 aliphatic carbocycles. The second kappa shape index (κ2) is 12.1. The van der Waals surface area contributed by atoms with Gasteiger partial charge in [-0.25, -0.2) is 9.97 Å². The minimum Gasteiger partial charge on any atom is -0.305 e. The molecular formula is C46H30N4S. The third kappa shape index (κ3) is 4.98. The summed E-state index contributed by atoms with van der Waals surface area (Å²) < 4.78 is 1.26. The fourth-order valence-electron chi connectivity index (χ4n) is 7.22. The van der Waals surface area contributed by atoms with E-state index in [1.54, 1.807) is 0 Å². The first kappa shape index (κ1) is 29.4. The molecule has 240 valence electrons. The van der Waals surface area contributed by atoms with Gasteiger partial charge in [-0.1, -0.05) is 115 Å². The van der Waals surface area contributed by atoms with Gasteiger partial charge < -0.3 is 4.90 Å². The summed E-state index contributed by atoms with van der Waals surface area (Å²) in [6, 6.07) is 64.2. The van der Waals surface area contributed by atoms with Crippen molar-refractivity contribution in [2.24, 2.45) is 0 Å². The first-order valence-electron chi connectivity index (χ1n) is 17.1. The topological polar surface area (TPSA) is 32.3 Å². The van der Waals surface area contributed by atoms with Crippen LogP contribution in [0.15, 0.2) is 182 Å². The van der Waals surface area contributed by atoms with Crippen LogP contribution in [0.3, 0.4) is 0 Å². The molecular weight excluding hydrogens is 641 g/mol. The maximum absolute atomic E-state index is 5.24. The fraction of sp³-hybridized carbons (Fsp3) is 0. The Morgan fingerprint density at radius 3 is 1.82 bits per heavy atom. The zero-order chi connectivity index (χ0) is 33.7. The minimum absolute atomic E-state index is 0.705. The number of rotatable bonds is 5. The number of anilines is 6. The fourth-order valence-corrected chi connectivity index (χ4v) is 8.44. The number of hydrogen-bond donors (Lipinski definition) is 0. The first-order chi connectivity index (χ1) is 25.3. The lowest BCUT2D eigenvalue weighted by Gasteiger charge is -2.38. The van der Waals surface area contributed by atoms with Crippen molar-refractivity contribution in [2.75, 3.05) is 9.80 Å². The van der Waals surface area contributed by atoms with Gasteiger partial charge in [0.2, 0.25) is 0 Å². The van der Waals surface area contributed by atoms with Crippen LogP contribution in [0.1, 0.15) is 0 Å². The number of thiophene rings is 1. The molecule has 0 saturated carbocycles. The van der Waals surface area contributed by atoms with E-state index in [1.807, 2.05) is 23.5 Å². The van der Waals surface area contributed by atoms with Gasteiger partial charge in [0.05, 0.1) is 28.3 Å². The molecule has 0 unspecified atom stereocenters. The van der Waals surface area contributed by atoms with E-state index in [9.17, 15) is 0 Å². The molecule has 3 heterocycles. The summed E-state index contributed by atoms with van der Waals surface area (Å²) in [4.78, 5) is 15.1. The predicted molar refractivity (Wildman–Crippen MR) is 214 cm³/mol. The van der Waals surface area contributed by atoms with Crippen molar-refractivity contribution in [3.05, 3.63) is 182 Å². The summed E-state index contributed by atoms with van der Waals surface area (Å²) in [7, 11) is 0. The first-order valence-corrected chi connectivity index (χ1v) is 17.9. The highest BCUT2D eigenvalue weighted by atomic mass is 32.1. The molecule has 5 heteroatoms. The summed E-state index contributed by atoms with van der Waals surface area (Å²) in [5, 5.41) is 3.47. The summed E-state index contributed by atoms with van der Waals surface area (Å²) in [5.74, 6) is 0.705. The lowest BCUT2D eigenvalue weighted by molar-refractivity contribution is 1.20. The maximum atomic E-state index is 5.24. The number of para-hydroxylation sites is 4. The molecule has 1 aliphatic rings. The Hall–Kier alpha value is -6.56. The summed E-state index contributed by atoms with van der Waals surface area (Å²) >= 11 is 1.83. The molecule has 0 saturated heterocycles. The highest BCUT2D eigenvalue weighted by Crippen LogP contribution is 2.59. The molecule has 0 bridgehead atoms. The lowest BCUT2D eigenvalue weighted by Crippen LogP contribution is -2.22. The van der Waals surface area contributed by atoms with Crippen molar-refractivity contribution in [1.29, 1.82) is 0 Å². The van der Waals surface area contributed by atoms with Crippen LogP contribution in [-0.4, -0.2) is 9.97 Å². The van der Waals surface area contributed by atoms with E-state index in [1.165, 1.54) is 26.3 Å². The van der Waals surface area contributed by atoms with Crippen molar-refractivity contribution in [3.8, 4) is 33.8 Å². The van der Waals surface area contributed by atoms with E-state index in [2.05, 4.69) is 180 Å². The monoisotopic (exact) mass is 670 g/mol. The molecule has 2 aromatic heterocycles. The smallest absolute Gasteiger partial charge is 0.160 e. The Balaban J connectivity index is 1.10. The van der Waals surface area contributed by atoms with Crippen molar-refractivity contribution in [3.63, 3.8) is 0 Å². The Kier molecular flexibility index (Phi) is 6.96. The molecule has 0 radical (unpaired) electrons. The average Bonchev–Trinajstić information content (AvgIpc) is 3.59. The Labute approximate surface area is 300 Å². The van der Waals surface area contributed by atoms with Gasteiger partial charge in [-0.2, -0.15) is 0 Å². The molecule has 4 nitrogen and oxygen atoms in total. The van der Waals surface area contributed by atoms with E-state index in [0.717, 1.165) is 56.0 Å². The van der Waals surface area contributed by atoms with E-state index in [4.69, 9.17) is 9.97 Å². The highest BCUT2D eigenvalue weighted by molar-refractivity contribution is 7.24. The quantitative estimate of drug-likeness (QED) is 0.182. The second-order valence-electron chi connectivity index (χ2n) is 12.7. The van der Waals surface area contributed by atoms with Crippen LogP contribution >= 0.6 is 11.3 Å². The van der Waals surface area contributed by atoms with Gasteiger partial charge in [-0.15, -0.1) is 11.3 Å². The third-order valence-corrected chi connectivity index (χ3v) is 10.7. The van der Waals surface area contributed by atoms with Crippen LogP contribution < -0.4 is 9.80 Å². The second-order valence-corrected chi connectivity index (χ2v) is 13.7. The maximum Gasteiger partial charge on any atom is 0.160 e. The highest BCUT2D eigenvalue weighted by Gasteiger charge is 2.33. The van der Waals surface area contributed by atoms with Crippen LogP contribution in [0.4, 0.5) is 33.4 Å². The summed E-state index contributed by atoms with van der Waals surface area (Å²) in [6.45, 7) is 0. The van der Waals surface area contributed by atoms with Crippen LogP contribution in [-0.2, 0) is 0 Å². The Bertz CT molecular complexity index is 2700. The van der Waals surface area contributed by atoms with E-state index >= 15 is 0 Å². The van der Waals surface area contributed by atoms with Crippen molar-refractivity contribution >= 4 is 65.8 Å². The molecule has 51 heavy (non-hydrogen) atoms. The molecule has 7 aromatic carbocycles. The molecule has 0 N–H and O–H groups in total. The molecule has 0 spiro atoms. The van der Waals surface area contributed by atoms with Crippen LogP contribution in [0.5, 0.6) is 0 Å². The van der Waals surface area contributed by atoms with Gasteiger partial charge in [0.15, 0.2) is 5.82 Å². The van der Waals surface area contributed by atoms with Crippen LogP contribution in [0.25, 0.3) is 54.8 Å². The molecule has 0 fully saturated rings. The number of hydrogen-bond acceptors (Lipinski definition) is 5. The molecule has 10 rings (SSSR count). The van der Waals surface area contributed by atoms with E-state index in [-0.39, 0.29) is 0 Å². The van der Waals surface area contributed by atoms with Gasteiger partial charge in [-0.3, -0.25) is 4.90 Å². The Morgan fingerprint density at radius 1 is 0.412 bits per heavy atom. The zero-order valence-corrected chi connectivity index (χ0v) is 28.3. The van der Waals surface area contributed by atoms with Gasteiger partial charge in [0.25, 0.3) is 0 Å². The average molecular weight is 671 g/mol. The van der Waals surface area contributed by atoms with E-state index in [0.29, 0.717) is 5.82 Å².